The molecule has 0 bridgehead atoms. The molecular formula is C31H49N5O7S. The third kappa shape index (κ3) is 8.16. The van der Waals surface area contributed by atoms with E-state index in [0.717, 1.165) is 19.3 Å². The van der Waals surface area contributed by atoms with Crippen LogP contribution in [0.25, 0.3) is 0 Å². The van der Waals surface area contributed by atoms with Crippen molar-refractivity contribution in [2.75, 3.05) is 18.9 Å². The minimum Gasteiger partial charge on any atom is -0.446 e. The van der Waals surface area contributed by atoms with Crippen LogP contribution in [-0.2, 0) is 29.1 Å². The van der Waals surface area contributed by atoms with Gasteiger partial charge in [0.1, 0.15) is 11.6 Å². The summed E-state index contributed by atoms with van der Waals surface area (Å²) in [6, 6.07) is 8.31. The molecule has 0 heterocycles. The Kier molecular flexibility index (Phi) is 11.2. The van der Waals surface area contributed by atoms with Gasteiger partial charge in [-0.05, 0) is 70.1 Å². The molecule has 0 aromatic heterocycles. The van der Waals surface area contributed by atoms with Crippen molar-refractivity contribution in [1.82, 2.24) is 14.9 Å². The van der Waals surface area contributed by atoms with Gasteiger partial charge in [0.15, 0.2) is 0 Å². The summed E-state index contributed by atoms with van der Waals surface area (Å²) in [6.45, 7) is 10.1. The maximum absolute atomic E-state index is 13.6. The number of ether oxygens (including phenoxy) is 1. The smallest absolute Gasteiger partial charge is 0.411 e. The maximum atomic E-state index is 13.6. The minimum absolute atomic E-state index is 0. The summed E-state index contributed by atoms with van der Waals surface area (Å²) >= 11 is 0. The van der Waals surface area contributed by atoms with Crippen LogP contribution in [0, 0.1) is 23.2 Å². The lowest BCUT2D eigenvalue weighted by Gasteiger charge is -2.26. The van der Waals surface area contributed by atoms with Crippen LogP contribution in [0.4, 0.5) is 10.5 Å². The molecule has 0 saturated heterocycles. The van der Waals surface area contributed by atoms with Gasteiger partial charge in [0.2, 0.25) is 21.8 Å². The molecule has 0 spiro atoms. The van der Waals surface area contributed by atoms with Gasteiger partial charge in [-0.3, -0.25) is 24.4 Å². The number of nitriles is 1. The van der Waals surface area contributed by atoms with Gasteiger partial charge in [0, 0.05) is 23.6 Å². The zero-order valence-corrected chi connectivity index (χ0v) is 26.5. The summed E-state index contributed by atoms with van der Waals surface area (Å²) in [5, 5.41) is 14.4. The highest BCUT2D eigenvalue weighted by molar-refractivity contribution is 7.91. The molecule has 0 unspecified atom stereocenters. The number of carbonyl (C=O) groups is 4. The zero-order valence-electron chi connectivity index (χ0n) is 25.7. The SMILES string of the molecule is C=C.CCCCCN(C)C(=O)[C@@H]1C[C@H](OC(=O)Nc2cccc(C#N)c2)C[C@H]1C(=O)NC1(C(=O)NS(=O)(=O)C2(C)CC2)CC1.[HH].[HH].[HH]. The van der Waals surface area contributed by atoms with Gasteiger partial charge in [-0.2, -0.15) is 5.26 Å². The van der Waals surface area contributed by atoms with Crippen molar-refractivity contribution >= 4 is 39.5 Å². The average Bonchev–Trinajstić information content (AvgIpc) is 3.91. The fraction of sp³-hybridized carbons (Fsp3) is 0.581. The van der Waals surface area contributed by atoms with Crippen molar-refractivity contribution < 1.29 is 36.6 Å². The highest BCUT2D eigenvalue weighted by Gasteiger charge is 2.57. The number of hydrogen-bond acceptors (Lipinski definition) is 8. The van der Waals surface area contributed by atoms with Crippen molar-refractivity contribution in [2.24, 2.45) is 11.8 Å². The van der Waals surface area contributed by atoms with E-state index >= 15 is 0 Å². The lowest BCUT2D eigenvalue weighted by atomic mass is 9.93. The number of nitrogens with zero attached hydrogens (tertiary/aromatic N) is 2. The number of rotatable bonds is 12. The van der Waals surface area contributed by atoms with Gasteiger partial charge in [-0.1, -0.05) is 25.8 Å². The quantitative estimate of drug-likeness (QED) is 0.225. The molecule has 3 aliphatic rings. The third-order valence-corrected chi connectivity index (χ3v) is 10.7. The highest BCUT2D eigenvalue weighted by Crippen LogP contribution is 2.44. The normalized spacial score (nSPS) is 22.2. The van der Waals surface area contributed by atoms with Crippen molar-refractivity contribution in [2.45, 2.75) is 88.0 Å². The summed E-state index contributed by atoms with van der Waals surface area (Å²) in [4.78, 5) is 54.3. The molecule has 4 amide bonds. The minimum atomic E-state index is -3.88. The second-order valence-electron chi connectivity index (χ2n) is 12.0. The molecule has 13 heteroatoms. The first kappa shape index (κ1) is 34.6. The molecule has 1 aromatic carbocycles. The highest BCUT2D eigenvalue weighted by atomic mass is 32.2. The first-order chi connectivity index (χ1) is 20.8. The molecule has 3 aliphatic carbocycles. The van der Waals surface area contributed by atoms with Crippen LogP contribution < -0.4 is 15.4 Å². The van der Waals surface area contributed by atoms with Gasteiger partial charge in [-0.25, -0.2) is 13.2 Å². The van der Waals surface area contributed by atoms with Crippen LogP contribution in [0.1, 0.15) is 81.5 Å². The van der Waals surface area contributed by atoms with Crippen LogP contribution in [0.3, 0.4) is 0 Å². The van der Waals surface area contributed by atoms with E-state index in [-0.39, 0.29) is 35.9 Å². The molecular weight excluding hydrogens is 586 g/mol. The summed E-state index contributed by atoms with van der Waals surface area (Å²) in [7, 11) is -2.20. The standard InChI is InChI=1S/C29H39N5O7S.C2H4.3H2/c1-4-5-6-14-34(3)25(36)23-17-21(41-27(38)31-20-9-7-8-19(15-20)18-30)16-22(23)24(35)32-29(12-13-29)26(37)33-42(39,40)28(2)10-11-28;1-2;;;/h7-9,15,21-23H,4-6,10-14,16-17H2,1-3H3,(H,31,38)(H,32,35)(H,33,37);1-2H2;3*1H/t21-,22-,23-;;;;/m1..../s1. The van der Waals surface area contributed by atoms with Crippen LogP contribution in [0.15, 0.2) is 37.4 Å². The molecule has 12 nitrogen and oxygen atoms in total. The monoisotopic (exact) mass is 635 g/mol. The summed E-state index contributed by atoms with van der Waals surface area (Å²) in [6.07, 6.45) is 2.87. The Balaban J connectivity index is 0.00000415. The van der Waals surface area contributed by atoms with Gasteiger partial charge < -0.3 is 15.0 Å². The number of nitrogens with one attached hydrogen (secondary N) is 3. The average molecular weight is 636 g/mol. The first-order valence-electron chi connectivity index (χ1n) is 14.9. The Morgan fingerprint density at radius 2 is 1.77 bits per heavy atom. The van der Waals surface area contributed by atoms with Gasteiger partial charge >= 0.3 is 6.09 Å². The van der Waals surface area contributed by atoms with Gasteiger partial charge in [0.05, 0.1) is 28.2 Å². The maximum Gasteiger partial charge on any atom is 0.411 e. The fourth-order valence-electron chi connectivity index (χ4n) is 5.26. The molecule has 3 saturated carbocycles. The Morgan fingerprint density at radius 3 is 2.36 bits per heavy atom. The second kappa shape index (κ2) is 14.2. The second-order valence-corrected chi connectivity index (χ2v) is 14.1. The van der Waals surface area contributed by atoms with E-state index in [4.69, 9.17) is 10.00 Å². The van der Waals surface area contributed by atoms with Crippen LogP contribution >= 0.6 is 0 Å². The van der Waals surface area contributed by atoms with Crippen LogP contribution in [-0.4, -0.2) is 67.1 Å². The number of anilines is 1. The first-order valence-corrected chi connectivity index (χ1v) is 16.4. The Morgan fingerprint density at radius 1 is 1.11 bits per heavy atom. The number of unbranched alkanes of at least 4 members (excludes halogenated alkanes) is 2. The summed E-state index contributed by atoms with van der Waals surface area (Å²) in [5.74, 6) is -3.24. The number of carbonyl (C=O) groups excluding carboxylic acids is 4. The number of sulfonamides is 1. The Bertz CT molecular complexity index is 1410. The van der Waals surface area contributed by atoms with E-state index in [2.05, 4.69) is 35.4 Å². The molecule has 0 radical (unpaired) electrons. The lowest BCUT2D eigenvalue weighted by Crippen LogP contribution is -2.54. The van der Waals surface area contributed by atoms with E-state index in [0.29, 0.717) is 30.6 Å². The van der Waals surface area contributed by atoms with Crippen LogP contribution in [0.5, 0.6) is 0 Å². The predicted octanol–water partition coefficient (Wildman–Crippen LogP) is 4.34. The van der Waals surface area contributed by atoms with E-state index in [1.54, 1.807) is 37.1 Å². The lowest BCUT2D eigenvalue weighted by molar-refractivity contribution is -0.140. The van der Waals surface area contributed by atoms with Crippen LogP contribution in [0.2, 0.25) is 0 Å². The molecule has 3 fully saturated rings. The predicted molar refractivity (Wildman–Crippen MR) is 171 cm³/mol. The number of benzene rings is 1. The molecule has 0 aliphatic heterocycles. The third-order valence-electron chi connectivity index (χ3n) is 8.54. The van der Waals surface area contributed by atoms with E-state index in [1.807, 2.05) is 6.07 Å². The van der Waals surface area contributed by atoms with Crippen molar-refractivity contribution in [1.29, 1.82) is 5.26 Å². The number of hydrogen-bond donors (Lipinski definition) is 3. The number of amides is 4. The van der Waals surface area contributed by atoms with E-state index in [1.165, 1.54) is 6.07 Å². The Hall–Kier alpha value is -3.92. The topological polar surface area (TPSA) is 175 Å². The molecule has 3 N–H and O–H groups in total. The zero-order chi connectivity index (χ0) is 32.7. The van der Waals surface area contributed by atoms with Crippen molar-refractivity contribution in [3.8, 4) is 6.07 Å². The Labute approximate surface area is 264 Å². The fourth-order valence-corrected chi connectivity index (χ4v) is 6.58. The summed E-state index contributed by atoms with van der Waals surface area (Å²) < 4.78 is 32.0. The largest absolute Gasteiger partial charge is 0.446 e. The van der Waals surface area contributed by atoms with E-state index < -0.39 is 56.2 Å². The van der Waals surface area contributed by atoms with Gasteiger partial charge in [-0.15, -0.1) is 13.2 Å². The molecule has 3 atom stereocenters. The van der Waals surface area contributed by atoms with Crippen molar-refractivity contribution in [3.05, 3.63) is 43.0 Å². The molecule has 44 heavy (non-hydrogen) atoms. The van der Waals surface area contributed by atoms with Gasteiger partial charge in [0.25, 0.3) is 5.91 Å². The molecule has 4 rings (SSSR count). The summed E-state index contributed by atoms with van der Waals surface area (Å²) in [5.41, 5.74) is -0.622. The molecule has 246 valence electrons. The molecule has 1 aromatic rings. The van der Waals surface area contributed by atoms with E-state index in [9.17, 15) is 27.6 Å². The van der Waals surface area contributed by atoms with Crippen molar-refractivity contribution in [3.63, 3.8) is 0 Å².